The van der Waals surface area contributed by atoms with Crippen molar-refractivity contribution in [1.29, 1.82) is 0 Å². The fourth-order valence-corrected chi connectivity index (χ4v) is 16.6. The first-order valence-electron chi connectivity index (χ1n) is 9.59. The molecule has 0 bridgehead atoms. The summed E-state index contributed by atoms with van der Waals surface area (Å²) in [6.45, 7) is 16.6. The lowest BCUT2D eigenvalue weighted by molar-refractivity contribution is 0.307. The van der Waals surface area contributed by atoms with E-state index < -0.39 is 23.1 Å². The minimum absolute atomic E-state index is 0.933. The predicted octanol–water partition coefficient (Wildman–Crippen LogP) is 4.23. The van der Waals surface area contributed by atoms with Gasteiger partial charge >= 0.3 is 8.10 Å². The highest BCUT2D eigenvalue weighted by atomic mass is 31.3. The Morgan fingerprint density at radius 2 is 1.08 bits per heavy atom. The highest BCUT2D eigenvalue weighted by Crippen LogP contribution is 2.74. The molecule has 0 aromatic carbocycles. The van der Waals surface area contributed by atoms with Crippen LogP contribution in [0.2, 0.25) is 0 Å². The average molecular weight is 408 g/mol. The van der Waals surface area contributed by atoms with Gasteiger partial charge in [-0.25, -0.2) is 18.7 Å². The average Bonchev–Trinajstić information content (AvgIpc) is 2.61. The van der Waals surface area contributed by atoms with E-state index in [9.17, 15) is 4.57 Å². The third-order valence-electron chi connectivity index (χ3n) is 5.37. The largest absolute Gasteiger partial charge is 0.647 e. The Morgan fingerprint density at radius 3 is 1.36 bits per heavy atom. The molecule has 3 rings (SSSR count). The van der Waals surface area contributed by atoms with E-state index in [-0.39, 0.29) is 0 Å². The first-order chi connectivity index (χ1) is 12.1. The van der Waals surface area contributed by atoms with Crippen LogP contribution in [0.1, 0.15) is 40.5 Å². The predicted molar refractivity (Wildman–Crippen MR) is 108 cm³/mol. The SMILES string of the molecule is CCN1CCCN(CC)P12=N[P+](=O)N=P1(N2)N(CC)CCCN1CC. The summed E-state index contributed by atoms with van der Waals surface area (Å²) in [5, 5.41) is 0. The van der Waals surface area contributed by atoms with Crippen molar-refractivity contribution in [2.45, 2.75) is 40.5 Å². The maximum absolute atomic E-state index is 13.0. The van der Waals surface area contributed by atoms with Crippen LogP contribution in [0, 0.1) is 0 Å². The van der Waals surface area contributed by atoms with Gasteiger partial charge in [-0.05, 0) is 17.4 Å². The van der Waals surface area contributed by atoms with Crippen molar-refractivity contribution >= 4 is 23.1 Å². The van der Waals surface area contributed by atoms with E-state index in [0.717, 1.165) is 65.2 Å². The topological polar surface area (TPSA) is 66.8 Å². The first-order valence-corrected chi connectivity index (χ1v) is 14.0. The third-order valence-corrected chi connectivity index (χ3v) is 15.8. The zero-order valence-corrected chi connectivity index (χ0v) is 18.7. The maximum Gasteiger partial charge on any atom is 0.647 e. The molecule has 0 aliphatic carbocycles. The smallest absolute Gasteiger partial charge is 0.243 e. The van der Waals surface area contributed by atoms with Gasteiger partial charge < -0.3 is 0 Å². The number of rotatable bonds is 4. The van der Waals surface area contributed by atoms with Crippen molar-refractivity contribution in [1.82, 2.24) is 23.5 Å². The Labute approximate surface area is 153 Å². The molecule has 3 heterocycles. The Bertz CT molecular complexity index is 544. The molecule has 3 aliphatic heterocycles. The van der Waals surface area contributed by atoms with Crippen molar-refractivity contribution in [3.63, 3.8) is 0 Å². The second-order valence-corrected chi connectivity index (χ2v) is 13.8. The summed E-state index contributed by atoms with van der Waals surface area (Å²) in [4.78, 5) is 4.03. The lowest BCUT2D eigenvalue weighted by atomic mass is 10.4. The molecule has 8 nitrogen and oxygen atoms in total. The summed E-state index contributed by atoms with van der Waals surface area (Å²) in [7, 11) is -6.23. The molecule has 2 fully saturated rings. The van der Waals surface area contributed by atoms with E-state index in [4.69, 9.17) is 9.03 Å². The zero-order valence-electron chi connectivity index (χ0n) is 16.0. The molecule has 1 N–H and O–H groups in total. The van der Waals surface area contributed by atoms with Crippen molar-refractivity contribution in [3.05, 3.63) is 0 Å². The van der Waals surface area contributed by atoms with Gasteiger partial charge in [-0.1, -0.05) is 27.7 Å². The van der Waals surface area contributed by atoms with Crippen LogP contribution >= 0.6 is 23.1 Å². The Morgan fingerprint density at radius 1 is 0.760 bits per heavy atom. The molecular formula is C14H33N7OP3+. The van der Waals surface area contributed by atoms with Gasteiger partial charge in [0, 0.05) is 61.4 Å². The molecule has 2 spiro atoms. The quantitative estimate of drug-likeness (QED) is 0.702. The van der Waals surface area contributed by atoms with Crippen LogP contribution in [0.15, 0.2) is 9.03 Å². The number of hydrogen-bond acceptors (Lipinski definition) is 6. The van der Waals surface area contributed by atoms with E-state index >= 15 is 0 Å². The summed E-state index contributed by atoms with van der Waals surface area (Å²) in [6, 6.07) is 0. The van der Waals surface area contributed by atoms with Gasteiger partial charge in [0.2, 0.25) is 15.0 Å². The van der Waals surface area contributed by atoms with Crippen LogP contribution in [0.5, 0.6) is 0 Å². The Balaban J connectivity index is 2.13. The molecule has 0 saturated carbocycles. The van der Waals surface area contributed by atoms with E-state index in [1.807, 2.05) is 0 Å². The minimum atomic E-state index is -2.17. The molecular weight excluding hydrogens is 375 g/mol. The normalized spacial score (nSPS) is 29.7. The van der Waals surface area contributed by atoms with Crippen LogP contribution in [0.3, 0.4) is 0 Å². The van der Waals surface area contributed by atoms with Gasteiger partial charge in [-0.3, -0.25) is 0 Å². The lowest BCUT2D eigenvalue weighted by Gasteiger charge is -2.52. The fraction of sp³-hybridized carbons (Fsp3) is 1.00. The summed E-state index contributed by atoms with van der Waals surface area (Å²) in [5.41, 5.74) is 0. The second-order valence-electron chi connectivity index (χ2n) is 6.56. The van der Waals surface area contributed by atoms with Crippen LogP contribution < -0.4 is 4.86 Å². The van der Waals surface area contributed by atoms with Crippen LogP contribution in [-0.2, 0) is 4.57 Å². The first kappa shape index (κ1) is 20.1. The van der Waals surface area contributed by atoms with E-state index in [1.54, 1.807) is 0 Å². The van der Waals surface area contributed by atoms with Crippen molar-refractivity contribution < 1.29 is 4.57 Å². The van der Waals surface area contributed by atoms with E-state index in [2.05, 4.69) is 51.2 Å². The monoisotopic (exact) mass is 408 g/mol. The highest BCUT2D eigenvalue weighted by molar-refractivity contribution is 7.81. The Kier molecular flexibility index (Phi) is 6.56. The van der Waals surface area contributed by atoms with Crippen molar-refractivity contribution in [3.8, 4) is 0 Å². The van der Waals surface area contributed by atoms with Gasteiger partial charge in [0.1, 0.15) is 0 Å². The molecule has 3 aliphatic rings. The maximum atomic E-state index is 13.0. The van der Waals surface area contributed by atoms with Gasteiger partial charge in [0.25, 0.3) is 0 Å². The standard InChI is InChI=1S/C14H33N7OP3/c1-5-18-11-9-12-19(6-2)24(18)15-23(22)16-25(17-24)20(7-3)13-10-14-21(25)8-4/h17H,5-14H2,1-4H3/q+1. The van der Waals surface area contributed by atoms with Gasteiger partial charge in [-0.2, -0.15) is 4.86 Å². The van der Waals surface area contributed by atoms with Crippen LogP contribution in [0.4, 0.5) is 0 Å². The molecule has 144 valence electrons. The number of nitrogens with one attached hydrogen (secondary N) is 1. The van der Waals surface area contributed by atoms with Crippen molar-refractivity contribution in [2.24, 2.45) is 9.03 Å². The molecule has 0 radical (unpaired) electrons. The molecule has 0 aromatic heterocycles. The van der Waals surface area contributed by atoms with Crippen LogP contribution in [0.25, 0.3) is 0 Å². The zero-order chi connectivity index (χ0) is 18.1. The highest BCUT2D eigenvalue weighted by Gasteiger charge is 2.53. The molecule has 2 saturated heterocycles. The van der Waals surface area contributed by atoms with Crippen LogP contribution in [-0.4, -0.2) is 71.0 Å². The molecule has 0 aromatic rings. The van der Waals surface area contributed by atoms with Gasteiger partial charge in [0.15, 0.2) is 0 Å². The summed E-state index contributed by atoms with van der Waals surface area (Å²) in [5.74, 6) is 0. The van der Waals surface area contributed by atoms with Gasteiger partial charge in [-0.15, -0.1) is 0 Å². The molecule has 0 unspecified atom stereocenters. The number of nitrogens with zero attached hydrogens (tertiary/aromatic N) is 6. The summed E-state index contributed by atoms with van der Waals surface area (Å²) >= 11 is 0. The third kappa shape index (κ3) is 3.34. The van der Waals surface area contributed by atoms with E-state index in [1.165, 1.54) is 0 Å². The van der Waals surface area contributed by atoms with Crippen molar-refractivity contribution in [2.75, 3.05) is 52.4 Å². The Hall–Kier alpha value is 0.360. The number of hydrogen-bond donors (Lipinski definition) is 1. The lowest BCUT2D eigenvalue weighted by Crippen LogP contribution is -2.49. The molecule has 25 heavy (non-hydrogen) atoms. The summed E-state index contributed by atoms with van der Waals surface area (Å²) in [6.07, 6.45) is 2.30. The molecule has 11 heteroatoms. The minimum Gasteiger partial charge on any atom is -0.243 e. The fourth-order valence-electron chi connectivity index (χ4n) is 4.14. The summed E-state index contributed by atoms with van der Waals surface area (Å²) < 4.78 is 32.5. The molecule has 0 atom stereocenters. The second kappa shape index (κ2) is 8.16. The van der Waals surface area contributed by atoms with Gasteiger partial charge in [0.05, 0.1) is 0 Å². The van der Waals surface area contributed by atoms with E-state index in [0.29, 0.717) is 0 Å². The molecule has 0 amide bonds.